The van der Waals surface area contributed by atoms with Crippen molar-refractivity contribution in [1.82, 2.24) is 9.97 Å². The fourth-order valence-corrected chi connectivity index (χ4v) is 2.41. The summed E-state index contributed by atoms with van der Waals surface area (Å²) >= 11 is 9.39. The third-order valence-electron chi connectivity index (χ3n) is 2.59. The number of hydrogen-bond donors (Lipinski definition) is 1. The van der Waals surface area contributed by atoms with E-state index in [2.05, 4.69) is 25.9 Å². The van der Waals surface area contributed by atoms with Gasteiger partial charge in [-0.15, -0.1) is 0 Å². The Morgan fingerprint density at radius 3 is 2.58 bits per heavy atom. The van der Waals surface area contributed by atoms with Crippen molar-refractivity contribution in [1.29, 1.82) is 0 Å². The van der Waals surface area contributed by atoms with Crippen LogP contribution in [0.1, 0.15) is 25.5 Å². The molecule has 0 radical (unpaired) electrons. The maximum absolute atomic E-state index is 13.4. The van der Waals surface area contributed by atoms with Crippen molar-refractivity contribution < 1.29 is 9.50 Å². The van der Waals surface area contributed by atoms with Gasteiger partial charge < -0.3 is 5.11 Å². The molecule has 0 spiro atoms. The molecule has 1 aromatic carbocycles. The van der Waals surface area contributed by atoms with Crippen molar-refractivity contribution >= 4 is 27.5 Å². The van der Waals surface area contributed by atoms with E-state index in [1.807, 2.05) is 13.8 Å². The minimum absolute atomic E-state index is 0.149. The van der Waals surface area contributed by atoms with Crippen molar-refractivity contribution in [2.45, 2.75) is 19.8 Å². The van der Waals surface area contributed by atoms with Crippen LogP contribution in [0.4, 0.5) is 4.39 Å². The van der Waals surface area contributed by atoms with Gasteiger partial charge in [0, 0.05) is 5.56 Å². The fourth-order valence-electron chi connectivity index (χ4n) is 1.59. The average Bonchev–Trinajstić information content (AvgIpc) is 2.35. The first kappa shape index (κ1) is 14.2. The van der Waals surface area contributed by atoms with Crippen LogP contribution in [0.3, 0.4) is 0 Å². The number of halogens is 3. The van der Waals surface area contributed by atoms with E-state index in [1.54, 1.807) is 6.07 Å². The lowest BCUT2D eigenvalue weighted by Crippen LogP contribution is -2.00. The number of benzene rings is 1. The van der Waals surface area contributed by atoms with Gasteiger partial charge in [-0.2, -0.15) is 0 Å². The summed E-state index contributed by atoms with van der Waals surface area (Å²) in [7, 11) is 0. The molecule has 3 nitrogen and oxygen atoms in total. The molecule has 0 saturated heterocycles. The summed E-state index contributed by atoms with van der Waals surface area (Å²) in [5, 5.41) is 9.46. The zero-order valence-corrected chi connectivity index (χ0v) is 12.6. The van der Waals surface area contributed by atoms with Crippen molar-refractivity contribution in [3.05, 3.63) is 39.3 Å². The highest BCUT2D eigenvalue weighted by Gasteiger charge is 2.15. The summed E-state index contributed by atoms with van der Waals surface area (Å²) in [6.45, 7) is 3.95. The van der Waals surface area contributed by atoms with E-state index in [4.69, 9.17) is 11.6 Å². The van der Waals surface area contributed by atoms with Crippen LogP contribution >= 0.6 is 27.5 Å². The van der Waals surface area contributed by atoms with Crippen LogP contribution in [-0.2, 0) is 0 Å². The predicted molar refractivity (Wildman–Crippen MR) is 75.9 cm³/mol. The van der Waals surface area contributed by atoms with E-state index in [0.29, 0.717) is 15.9 Å². The third-order valence-corrected chi connectivity index (χ3v) is 3.87. The van der Waals surface area contributed by atoms with Crippen LogP contribution in [0.25, 0.3) is 11.4 Å². The Morgan fingerprint density at radius 2 is 2.00 bits per heavy atom. The summed E-state index contributed by atoms with van der Waals surface area (Å²) in [4.78, 5) is 8.50. The highest BCUT2D eigenvalue weighted by molar-refractivity contribution is 9.10. The summed E-state index contributed by atoms with van der Waals surface area (Å²) in [6.07, 6.45) is 0. The second-order valence-electron chi connectivity index (χ2n) is 4.36. The number of phenols is 1. The van der Waals surface area contributed by atoms with Gasteiger partial charge >= 0.3 is 0 Å². The zero-order valence-electron chi connectivity index (χ0n) is 10.3. The summed E-state index contributed by atoms with van der Waals surface area (Å²) in [6, 6.07) is 3.99. The van der Waals surface area contributed by atoms with Crippen molar-refractivity contribution in [2.24, 2.45) is 0 Å². The number of rotatable bonds is 2. The largest absolute Gasteiger partial charge is 0.505 e. The molecule has 100 valence electrons. The molecule has 19 heavy (non-hydrogen) atoms. The van der Waals surface area contributed by atoms with Gasteiger partial charge in [-0.3, -0.25) is 0 Å². The molecule has 0 aliphatic rings. The van der Waals surface area contributed by atoms with E-state index in [1.165, 1.54) is 12.1 Å². The first-order valence-electron chi connectivity index (χ1n) is 5.62. The van der Waals surface area contributed by atoms with Crippen LogP contribution < -0.4 is 0 Å². The quantitative estimate of drug-likeness (QED) is 0.814. The van der Waals surface area contributed by atoms with E-state index in [9.17, 15) is 9.50 Å². The maximum Gasteiger partial charge on any atom is 0.165 e. The number of nitrogens with zero attached hydrogens (tertiary/aromatic N) is 2. The number of hydrogen-bond acceptors (Lipinski definition) is 3. The Morgan fingerprint density at radius 1 is 1.32 bits per heavy atom. The van der Waals surface area contributed by atoms with Crippen LogP contribution in [-0.4, -0.2) is 15.1 Å². The molecule has 2 rings (SSSR count). The molecule has 1 heterocycles. The normalized spacial score (nSPS) is 11.1. The van der Waals surface area contributed by atoms with Crippen molar-refractivity contribution in [2.75, 3.05) is 0 Å². The van der Waals surface area contributed by atoms with E-state index >= 15 is 0 Å². The van der Waals surface area contributed by atoms with Crippen LogP contribution in [0.15, 0.2) is 22.7 Å². The third kappa shape index (κ3) is 2.87. The Balaban J connectivity index is 2.59. The fraction of sp³-hybridized carbons (Fsp3) is 0.231. The number of aromatic hydroxyl groups is 1. The Kier molecular flexibility index (Phi) is 4.06. The van der Waals surface area contributed by atoms with Gasteiger partial charge in [0.25, 0.3) is 0 Å². The molecular formula is C13H11BrClFN2O. The number of phenolic OH excluding ortho intramolecular Hbond substituents is 1. The minimum atomic E-state index is -0.716. The van der Waals surface area contributed by atoms with E-state index in [-0.39, 0.29) is 11.1 Å². The SMILES string of the molecule is CC(C)c1nc(-c2ccc(O)c(F)c2)nc(Cl)c1Br. The average molecular weight is 346 g/mol. The van der Waals surface area contributed by atoms with Crippen LogP contribution in [0.5, 0.6) is 5.75 Å². The molecule has 1 N–H and O–H groups in total. The molecule has 0 unspecified atom stereocenters. The molecule has 0 aliphatic heterocycles. The van der Waals surface area contributed by atoms with Gasteiger partial charge in [0.05, 0.1) is 10.2 Å². The Bertz CT molecular complexity index is 634. The Labute approximate surface area is 123 Å². The second-order valence-corrected chi connectivity index (χ2v) is 5.51. The number of aromatic nitrogens is 2. The predicted octanol–water partition coefficient (Wildman–Crippen LogP) is 4.53. The smallest absolute Gasteiger partial charge is 0.165 e. The molecule has 2 aromatic rings. The zero-order chi connectivity index (χ0) is 14.2. The maximum atomic E-state index is 13.4. The highest BCUT2D eigenvalue weighted by Crippen LogP contribution is 2.31. The van der Waals surface area contributed by atoms with Crippen molar-refractivity contribution in [3.63, 3.8) is 0 Å². The lowest BCUT2D eigenvalue weighted by atomic mass is 10.1. The monoisotopic (exact) mass is 344 g/mol. The molecule has 0 atom stereocenters. The van der Waals surface area contributed by atoms with Crippen molar-refractivity contribution in [3.8, 4) is 17.1 Å². The summed E-state index contributed by atoms with van der Waals surface area (Å²) < 4.78 is 14.0. The molecule has 0 bridgehead atoms. The van der Waals surface area contributed by atoms with Gasteiger partial charge in [-0.05, 0) is 40.0 Å². The van der Waals surface area contributed by atoms with Gasteiger partial charge in [0.1, 0.15) is 5.15 Å². The Hall–Kier alpha value is -1.20. The lowest BCUT2D eigenvalue weighted by Gasteiger charge is -2.11. The lowest BCUT2D eigenvalue weighted by molar-refractivity contribution is 0.432. The standard InChI is InChI=1S/C13H11BrClFN2O/c1-6(2)11-10(14)12(15)18-13(17-11)7-3-4-9(19)8(16)5-7/h3-6,19H,1-2H3. The minimum Gasteiger partial charge on any atom is -0.505 e. The van der Waals surface area contributed by atoms with Gasteiger partial charge in [-0.25, -0.2) is 14.4 Å². The summed E-state index contributed by atoms with van der Waals surface area (Å²) in [5.74, 6) is -0.645. The van der Waals surface area contributed by atoms with Gasteiger partial charge in [0.2, 0.25) is 0 Å². The molecule has 0 saturated carbocycles. The molecule has 0 aliphatic carbocycles. The van der Waals surface area contributed by atoms with E-state index < -0.39 is 11.6 Å². The topological polar surface area (TPSA) is 46.0 Å². The first-order valence-corrected chi connectivity index (χ1v) is 6.79. The molecule has 6 heteroatoms. The molecule has 1 aromatic heterocycles. The van der Waals surface area contributed by atoms with Crippen LogP contribution in [0, 0.1) is 5.82 Å². The molecule has 0 fully saturated rings. The van der Waals surface area contributed by atoms with Gasteiger partial charge in [0.15, 0.2) is 17.4 Å². The summed E-state index contributed by atoms with van der Waals surface area (Å²) in [5.41, 5.74) is 1.22. The first-order chi connectivity index (χ1) is 8.90. The van der Waals surface area contributed by atoms with Gasteiger partial charge in [-0.1, -0.05) is 25.4 Å². The van der Waals surface area contributed by atoms with Crippen LogP contribution in [0.2, 0.25) is 5.15 Å². The molecular weight excluding hydrogens is 335 g/mol. The highest BCUT2D eigenvalue weighted by atomic mass is 79.9. The van der Waals surface area contributed by atoms with E-state index in [0.717, 1.165) is 5.69 Å². The molecule has 0 amide bonds. The second kappa shape index (κ2) is 5.43.